The Morgan fingerprint density at radius 2 is 1.93 bits per heavy atom. The molecule has 0 spiro atoms. The summed E-state index contributed by atoms with van der Waals surface area (Å²) in [4.78, 5) is 3.19. The van der Waals surface area contributed by atoms with Crippen molar-refractivity contribution in [1.82, 2.24) is 0 Å². The van der Waals surface area contributed by atoms with Crippen LogP contribution in [0, 0.1) is 10.7 Å². The van der Waals surface area contributed by atoms with Crippen LogP contribution in [-0.2, 0) is 0 Å². The number of unbranched alkanes of at least 4 members (excludes halogenated alkanes) is 1. The van der Waals surface area contributed by atoms with E-state index in [0.717, 1.165) is 23.7 Å². The summed E-state index contributed by atoms with van der Waals surface area (Å²) in [6, 6.07) is 10.1. The first-order valence-electron chi connectivity index (χ1n) is 4.72. The van der Waals surface area contributed by atoms with Gasteiger partial charge in [-0.15, -0.1) is 0 Å². The van der Waals surface area contributed by atoms with E-state index in [-0.39, 0.29) is 0 Å². The predicted octanol–water partition coefficient (Wildman–Crippen LogP) is 1.89. The van der Waals surface area contributed by atoms with Gasteiger partial charge in [-0.05, 0) is 0 Å². The molecule has 0 atom stereocenters. The van der Waals surface area contributed by atoms with E-state index in [0.29, 0.717) is 21.6 Å². The van der Waals surface area contributed by atoms with Crippen LogP contribution < -0.4 is 0 Å². The second-order valence-electron chi connectivity index (χ2n) is 2.87. The van der Waals surface area contributed by atoms with E-state index in [2.05, 4.69) is 10.7 Å². The van der Waals surface area contributed by atoms with Gasteiger partial charge in [0.25, 0.3) is 0 Å². The summed E-state index contributed by atoms with van der Waals surface area (Å²) < 4.78 is 0. The van der Waals surface area contributed by atoms with Gasteiger partial charge in [0.15, 0.2) is 0 Å². The van der Waals surface area contributed by atoms with E-state index >= 15 is 0 Å². The number of benzene rings is 1. The first-order chi connectivity index (χ1) is 6.93. The third-order valence-electron chi connectivity index (χ3n) is 1.70. The van der Waals surface area contributed by atoms with Gasteiger partial charge in [0.2, 0.25) is 0 Å². The third-order valence-corrected chi connectivity index (χ3v) is 3.25. The molecule has 1 aromatic carbocycles. The van der Waals surface area contributed by atoms with Gasteiger partial charge in [0, 0.05) is 0 Å². The fourth-order valence-electron chi connectivity index (χ4n) is 0.954. The van der Waals surface area contributed by atoms with Crippen LogP contribution in [0.5, 0.6) is 0 Å². The van der Waals surface area contributed by atoms with Gasteiger partial charge in [-0.1, -0.05) is 0 Å². The molecule has 0 aliphatic heterocycles. The SMILES string of the molecule is OCCCC[Se]C#Cc1ccccc1. The van der Waals surface area contributed by atoms with E-state index in [1.54, 1.807) is 0 Å². The molecule has 0 saturated heterocycles. The second kappa shape index (κ2) is 7.64. The number of hydrogen-bond donors (Lipinski definition) is 1. The van der Waals surface area contributed by atoms with E-state index in [1.807, 2.05) is 30.3 Å². The normalized spacial score (nSPS) is 9.21. The molecule has 74 valence electrons. The number of aliphatic hydroxyl groups excluding tert-OH is 1. The van der Waals surface area contributed by atoms with Crippen molar-refractivity contribution in [3.05, 3.63) is 35.9 Å². The Morgan fingerprint density at radius 3 is 2.64 bits per heavy atom. The Balaban J connectivity index is 2.21. The summed E-state index contributed by atoms with van der Waals surface area (Å²) in [5.74, 6) is 3.14. The maximum absolute atomic E-state index is 8.57. The predicted molar refractivity (Wildman–Crippen MR) is 60.2 cm³/mol. The van der Waals surface area contributed by atoms with Crippen molar-refractivity contribution >= 4 is 15.0 Å². The van der Waals surface area contributed by atoms with E-state index in [9.17, 15) is 0 Å². The second-order valence-corrected chi connectivity index (χ2v) is 4.76. The fourth-order valence-corrected chi connectivity index (χ4v) is 2.30. The molecule has 0 aliphatic rings. The summed E-state index contributed by atoms with van der Waals surface area (Å²) in [7, 11) is 0. The molecule has 0 unspecified atom stereocenters. The molecular formula is C12H14OSe. The molecular weight excluding hydrogens is 239 g/mol. The van der Waals surface area contributed by atoms with Crippen molar-refractivity contribution in [2.75, 3.05) is 6.61 Å². The topological polar surface area (TPSA) is 20.2 Å². The zero-order valence-corrected chi connectivity index (χ0v) is 9.78. The Morgan fingerprint density at radius 1 is 1.14 bits per heavy atom. The molecule has 0 heterocycles. The van der Waals surface area contributed by atoms with Crippen LogP contribution in [0.15, 0.2) is 30.3 Å². The molecule has 0 saturated carbocycles. The van der Waals surface area contributed by atoms with E-state index in [1.165, 1.54) is 0 Å². The molecule has 1 N–H and O–H groups in total. The van der Waals surface area contributed by atoms with Crippen molar-refractivity contribution in [2.24, 2.45) is 0 Å². The Kier molecular flexibility index (Phi) is 6.19. The minimum absolute atomic E-state index is 0.308. The zero-order valence-electron chi connectivity index (χ0n) is 8.07. The van der Waals surface area contributed by atoms with Gasteiger partial charge < -0.3 is 0 Å². The van der Waals surface area contributed by atoms with Gasteiger partial charge in [0.1, 0.15) is 0 Å². The quantitative estimate of drug-likeness (QED) is 0.493. The monoisotopic (exact) mass is 254 g/mol. The van der Waals surface area contributed by atoms with Gasteiger partial charge >= 0.3 is 91.5 Å². The van der Waals surface area contributed by atoms with Crippen LogP contribution in [0.3, 0.4) is 0 Å². The molecule has 0 amide bonds. The van der Waals surface area contributed by atoms with Crippen LogP contribution in [0.4, 0.5) is 0 Å². The van der Waals surface area contributed by atoms with Crippen LogP contribution in [-0.4, -0.2) is 26.7 Å². The number of hydrogen-bond acceptors (Lipinski definition) is 1. The fraction of sp³-hybridized carbons (Fsp3) is 0.333. The molecule has 0 aliphatic carbocycles. The summed E-state index contributed by atoms with van der Waals surface area (Å²) in [6.45, 7) is 0.308. The Labute approximate surface area is 91.7 Å². The minimum atomic E-state index is 0.308. The van der Waals surface area contributed by atoms with Gasteiger partial charge in [-0.2, -0.15) is 0 Å². The van der Waals surface area contributed by atoms with Crippen LogP contribution in [0.1, 0.15) is 18.4 Å². The van der Waals surface area contributed by atoms with Gasteiger partial charge in [-0.3, -0.25) is 0 Å². The van der Waals surface area contributed by atoms with Crippen LogP contribution >= 0.6 is 0 Å². The van der Waals surface area contributed by atoms with Crippen molar-refractivity contribution in [2.45, 2.75) is 18.2 Å². The molecule has 0 aromatic heterocycles. The molecule has 14 heavy (non-hydrogen) atoms. The first-order valence-corrected chi connectivity index (χ1v) is 6.79. The Hall–Kier alpha value is -0.741. The number of rotatable bonds is 4. The summed E-state index contributed by atoms with van der Waals surface area (Å²) in [5, 5.41) is 9.72. The molecule has 0 radical (unpaired) electrons. The van der Waals surface area contributed by atoms with E-state index in [4.69, 9.17) is 5.11 Å². The molecule has 1 rings (SSSR count). The number of aliphatic hydroxyl groups is 1. The van der Waals surface area contributed by atoms with Crippen molar-refractivity contribution in [3.63, 3.8) is 0 Å². The third kappa shape index (κ3) is 5.09. The summed E-state index contributed by atoms with van der Waals surface area (Å²) >= 11 is 0.408. The maximum atomic E-state index is 8.57. The Bertz CT molecular complexity index is 297. The first kappa shape index (κ1) is 11.3. The molecule has 0 bridgehead atoms. The van der Waals surface area contributed by atoms with E-state index < -0.39 is 0 Å². The van der Waals surface area contributed by atoms with Gasteiger partial charge in [-0.25, -0.2) is 0 Å². The van der Waals surface area contributed by atoms with Crippen LogP contribution in [0.2, 0.25) is 5.32 Å². The van der Waals surface area contributed by atoms with Gasteiger partial charge in [0.05, 0.1) is 0 Å². The van der Waals surface area contributed by atoms with Crippen molar-refractivity contribution in [3.8, 4) is 10.7 Å². The summed E-state index contributed by atoms with van der Waals surface area (Å²) in [6.07, 6.45) is 2.01. The molecule has 1 aromatic rings. The zero-order chi connectivity index (χ0) is 10.1. The van der Waals surface area contributed by atoms with Crippen molar-refractivity contribution in [1.29, 1.82) is 0 Å². The average Bonchev–Trinajstić information content (AvgIpc) is 2.25. The van der Waals surface area contributed by atoms with Crippen molar-refractivity contribution < 1.29 is 5.11 Å². The summed E-state index contributed by atoms with van der Waals surface area (Å²) in [5.41, 5.74) is 1.09. The molecule has 0 fully saturated rings. The standard InChI is InChI=1S/C12H14OSe/c13-9-4-5-10-14-11-8-12-6-2-1-3-7-12/h1-3,6-7,13H,4-5,9-10H2. The van der Waals surface area contributed by atoms with Crippen LogP contribution in [0.25, 0.3) is 0 Å². The molecule has 2 heteroatoms. The molecule has 1 nitrogen and oxygen atoms in total. The average molecular weight is 253 g/mol.